The Balaban J connectivity index is 1.76. The quantitative estimate of drug-likeness (QED) is 0.841. The molecule has 0 bridgehead atoms. The second-order valence-corrected chi connectivity index (χ2v) is 4.96. The van der Waals surface area contributed by atoms with E-state index in [2.05, 4.69) is 29.1 Å². The molecule has 0 amide bonds. The van der Waals surface area contributed by atoms with Crippen molar-refractivity contribution in [2.24, 2.45) is 0 Å². The van der Waals surface area contributed by atoms with Crippen molar-refractivity contribution in [1.82, 2.24) is 15.3 Å². The molecule has 0 aliphatic heterocycles. The van der Waals surface area contributed by atoms with Gasteiger partial charge in [-0.1, -0.05) is 26.0 Å². The number of nitrogens with zero attached hydrogens (tertiary/aromatic N) is 2. The summed E-state index contributed by atoms with van der Waals surface area (Å²) in [5, 5.41) is 3.36. The minimum atomic E-state index is 0.476. The van der Waals surface area contributed by atoms with Gasteiger partial charge in [0.05, 0.1) is 6.61 Å². The van der Waals surface area contributed by atoms with Crippen LogP contribution in [-0.2, 0) is 13.0 Å². The SMILES string of the molecule is CC(C)NCc1ccc(OCCc2ccccn2)nc1. The van der Waals surface area contributed by atoms with Crippen molar-refractivity contribution in [1.29, 1.82) is 0 Å². The van der Waals surface area contributed by atoms with Gasteiger partial charge in [0, 0.05) is 43.2 Å². The van der Waals surface area contributed by atoms with Crippen LogP contribution in [0.3, 0.4) is 0 Å². The Morgan fingerprint density at radius 1 is 1.15 bits per heavy atom. The number of pyridine rings is 2. The van der Waals surface area contributed by atoms with E-state index >= 15 is 0 Å². The van der Waals surface area contributed by atoms with Crippen molar-refractivity contribution in [3.8, 4) is 5.88 Å². The number of hydrogen-bond acceptors (Lipinski definition) is 4. The van der Waals surface area contributed by atoms with Gasteiger partial charge < -0.3 is 10.1 Å². The largest absolute Gasteiger partial charge is 0.477 e. The summed E-state index contributed by atoms with van der Waals surface area (Å²) >= 11 is 0. The summed E-state index contributed by atoms with van der Waals surface area (Å²) in [7, 11) is 0. The molecule has 0 spiro atoms. The normalized spacial score (nSPS) is 10.8. The van der Waals surface area contributed by atoms with E-state index < -0.39 is 0 Å². The van der Waals surface area contributed by atoms with Crippen molar-refractivity contribution >= 4 is 0 Å². The van der Waals surface area contributed by atoms with E-state index in [-0.39, 0.29) is 0 Å². The maximum absolute atomic E-state index is 5.62. The van der Waals surface area contributed by atoms with Crippen LogP contribution < -0.4 is 10.1 Å². The minimum absolute atomic E-state index is 0.476. The van der Waals surface area contributed by atoms with Crippen LogP contribution in [-0.4, -0.2) is 22.6 Å². The first kappa shape index (κ1) is 14.5. The van der Waals surface area contributed by atoms with Crippen LogP contribution in [0.4, 0.5) is 0 Å². The van der Waals surface area contributed by atoms with E-state index in [1.165, 1.54) is 0 Å². The molecule has 4 heteroatoms. The molecule has 0 saturated heterocycles. The van der Waals surface area contributed by atoms with Crippen LogP contribution in [0.5, 0.6) is 5.88 Å². The average Bonchev–Trinajstić information content (AvgIpc) is 2.47. The first-order valence-corrected chi connectivity index (χ1v) is 6.95. The molecule has 0 atom stereocenters. The summed E-state index contributed by atoms with van der Waals surface area (Å²) in [4.78, 5) is 8.56. The Morgan fingerprint density at radius 3 is 2.70 bits per heavy atom. The van der Waals surface area contributed by atoms with Gasteiger partial charge in [-0.15, -0.1) is 0 Å². The van der Waals surface area contributed by atoms with Crippen LogP contribution in [0.25, 0.3) is 0 Å². The van der Waals surface area contributed by atoms with Crippen molar-refractivity contribution in [3.05, 3.63) is 54.0 Å². The van der Waals surface area contributed by atoms with E-state index in [1.54, 1.807) is 6.20 Å². The molecule has 0 radical (unpaired) electrons. The summed E-state index contributed by atoms with van der Waals surface area (Å²) in [5.74, 6) is 0.661. The first-order valence-electron chi connectivity index (χ1n) is 6.95. The molecule has 0 unspecified atom stereocenters. The van der Waals surface area contributed by atoms with Gasteiger partial charge in [0.1, 0.15) is 0 Å². The van der Waals surface area contributed by atoms with Crippen molar-refractivity contribution < 1.29 is 4.74 Å². The highest BCUT2D eigenvalue weighted by Crippen LogP contribution is 2.08. The van der Waals surface area contributed by atoms with Gasteiger partial charge in [0.25, 0.3) is 0 Å². The third-order valence-electron chi connectivity index (χ3n) is 2.85. The van der Waals surface area contributed by atoms with Crippen LogP contribution in [0.1, 0.15) is 25.1 Å². The Labute approximate surface area is 120 Å². The molecular formula is C16H21N3O. The highest BCUT2D eigenvalue weighted by Gasteiger charge is 1.99. The van der Waals surface area contributed by atoms with Gasteiger partial charge in [-0.2, -0.15) is 0 Å². The molecule has 2 aromatic rings. The zero-order valence-electron chi connectivity index (χ0n) is 12.0. The smallest absolute Gasteiger partial charge is 0.213 e. The third kappa shape index (κ3) is 4.97. The Morgan fingerprint density at radius 2 is 2.05 bits per heavy atom. The molecule has 20 heavy (non-hydrogen) atoms. The monoisotopic (exact) mass is 271 g/mol. The van der Waals surface area contributed by atoms with E-state index in [0.29, 0.717) is 18.5 Å². The van der Waals surface area contributed by atoms with Crippen molar-refractivity contribution in [3.63, 3.8) is 0 Å². The van der Waals surface area contributed by atoms with Crippen LogP contribution in [0, 0.1) is 0 Å². The fourth-order valence-corrected chi connectivity index (χ4v) is 1.73. The molecule has 0 aliphatic rings. The molecule has 2 rings (SSSR count). The molecule has 0 aliphatic carbocycles. The second-order valence-electron chi connectivity index (χ2n) is 4.96. The summed E-state index contributed by atoms with van der Waals surface area (Å²) < 4.78 is 5.62. The van der Waals surface area contributed by atoms with Gasteiger partial charge in [0.2, 0.25) is 5.88 Å². The topological polar surface area (TPSA) is 47.0 Å². The fourth-order valence-electron chi connectivity index (χ4n) is 1.73. The van der Waals surface area contributed by atoms with Crippen LogP contribution in [0.15, 0.2) is 42.7 Å². The zero-order chi connectivity index (χ0) is 14.2. The maximum Gasteiger partial charge on any atom is 0.213 e. The Kier molecular flexibility index (Phi) is 5.50. The molecule has 4 nitrogen and oxygen atoms in total. The van der Waals surface area contributed by atoms with E-state index in [9.17, 15) is 0 Å². The average molecular weight is 271 g/mol. The molecule has 2 heterocycles. The van der Waals surface area contributed by atoms with Gasteiger partial charge in [-0.25, -0.2) is 4.98 Å². The summed E-state index contributed by atoms with van der Waals surface area (Å²) in [6, 6.07) is 10.3. The van der Waals surface area contributed by atoms with Gasteiger partial charge >= 0.3 is 0 Å². The molecule has 0 aromatic carbocycles. The minimum Gasteiger partial charge on any atom is -0.477 e. The molecular weight excluding hydrogens is 250 g/mol. The maximum atomic E-state index is 5.62. The standard InChI is InChI=1S/C16H21N3O/c1-13(2)18-11-14-6-7-16(19-12-14)20-10-8-15-5-3-4-9-17-15/h3-7,9,12-13,18H,8,10-11H2,1-2H3. The van der Waals surface area contributed by atoms with Crippen molar-refractivity contribution in [2.75, 3.05) is 6.61 Å². The lowest BCUT2D eigenvalue weighted by molar-refractivity contribution is 0.308. The number of aromatic nitrogens is 2. The van der Waals surface area contributed by atoms with Gasteiger partial charge in [-0.3, -0.25) is 4.98 Å². The lowest BCUT2D eigenvalue weighted by Gasteiger charge is -2.09. The van der Waals surface area contributed by atoms with E-state index in [1.807, 2.05) is 36.5 Å². The van der Waals surface area contributed by atoms with Crippen LogP contribution in [0.2, 0.25) is 0 Å². The second kappa shape index (κ2) is 7.60. The van der Waals surface area contributed by atoms with E-state index in [4.69, 9.17) is 4.74 Å². The molecule has 106 valence electrons. The Hall–Kier alpha value is -1.94. The number of nitrogens with one attached hydrogen (secondary N) is 1. The lowest BCUT2D eigenvalue weighted by Crippen LogP contribution is -2.21. The van der Waals surface area contributed by atoms with Gasteiger partial charge in [-0.05, 0) is 17.7 Å². The number of ether oxygens (including phenoxy) is 1. The summed E-state index contributed by atoms with van der Waals surface area (Å²) in [5.41, 5.74) is 2.20. The highest BCUT2D eigenvalue weighted by molar-refractivity contribution is 5.17. The third-order valence-corrected chi connectivity index (χ3v) is 2.85. The molecule has 0 fully saturated rings. The van der Waals surface area contributed by atoms with E-state index in [0.717, 1.165) is 24.2 Å². The molecule has 2 aromatic heterocycles. The Bertz CT molecular complexity index is 497. The highest BCUT2D eigenvalue weighted by atomic mass is 16.5. The number of hydrogen-bond donors (Lipinski definition) is 1. The first-order chi connectivity index (χ1) is 9.74. The summed E-state index contributed by atoms with van der Waals surface area (Å²) in [6.45, 7) is 5.68. The van der Waals surface area contributed by atoms with Crippen LogP contribution >= 0.6 is 0 Å². The predicted molar refractivity (Wildman–Crippen MR) is 79.6 cm³/mol. The predicted octanol–water partition coefficient (Wildman–Crippen LogP) is 2.60. The lowest BCUT2D eigenvalue weighted by atomic mass is 10.2. The fraction of sp³-hybridized carbons (Fsp3) is 0.375. The summed E-state index contributed by atoms with van der Waals surface area (Å²) in [6.07, 6.45) is 4.44. The molecule has 1 N–H and O–H groups in total. The van der Waals surface area contributed by atoms with Gasteiger partial charge in [0.15, 0.2) is 0 Å². The van der Waals surface area contributed by atoms with Crippen molar-refractivity contribution in [2.45, 2.75) is 32.9 Å². The zero-order valence-corrected chi connectivity index (χ0v) is 12.0. The molecule has 0 saturated carbocycles. The number of rotatable bonds is 7.